The Bertz CT molecular complexity index is 359. The first-order chi connectivity index (χ1) is 7.85. The average Bonchev–Trinajstić information content (AvgIpc) is 2.25. The minimum absolute atomic E-state index is 0.203. The summed E-state index contributed by atoms with van der Waals surface area (Å²) in [6.07, 6.45) is 0.343. The second-order valence-corrected chi connectivity index (χ2v) is 5.24. The first-order valence-electron chi connectivity index (χ1n) is 6.03. The fourth-order valence-corrected chi connectivity index (χ4v) is 1.68. The van der Waals surface area contributed by atoms with E-state index in [1.165, 1.54) is 6.07 Å². The lowest BCUT2D eigenvalue weighted by atomic mass is 9.99. The Morgan fingerprint density at radius 3 is 2.35 bits per heavy atom. The third-order valence-electron chi connectivity index (χ3n) is 2.55. The molecule has 0 aliphatic heterocycles. The summed E-state index contributed by atoms with van der Waals surface area (Å²) in [5, 5.41) is 0. The average molecular weight is 239 g/mol. The highest BCUT2D eigenvalue weighted by molar-refractivity contribution is 5.21. The molecule has 0 bridgehead atoms. The topological polar surface area (TPSA) is 35.2 Å². The van der Waals surface area contributed by atoms with E-state index in [0.717, 1.165) is 6.42 Å². The van der Waals surface area contributed by atoms with E-state index in [1.54, 1.807) is 18.2 Å². The van der Waals surface area contributed by atoms with Crippen LogP contribution in [0.2, 0.25) is 0 Å². The smallest absolute Gasteiger partial charge is 0.129 e. The summed E-state index contributed by atoms with van der Waals surface area (Å²) in [6, 6.07) is 6.45. The lowest BCUT2D eigenvalue weighted by Crippen LogP contribution is -2.35. The van der Waals surface area contributed by atoms with Crippen LogP contribution < -0.4 is 5.73 Å². The molecule has 0 radical (unpaired) electrons. The zero-order valence-electron chi connectivity index (χ0n) is 11.0. The van der Waals surface area contributed by atoms with Crippen LogP contribution in [0.15, 0.2) is 24.3 Å². The monoisotopic (exact) mass is 239 g/mol. The van der Waals surface area contributed by atoms with Gasteiger partial charge in [0.15, 0.2) is 0 Å². The Morgan fingerprint density at radius 1 is 1.29 bits per heavy atom. The van der Waals surface area contributed by atoms with Crippen molar-refractivity contribution in [2.75, 3.05) is 0 Å². The lowest BCUT2D eigenvalue weighted by molar-refractivity contribution is -0.0741. The van der Waals surface area contributed by atoms with Crippen molar-refractivity contribution in [3.8, 4) is 0 Å². The van der Waals surface area contributed by atoms with Gasteiger partial charge in [0.1, 0.15) is 11.9 Å². The van der Waals surface area contributed by atoms with Crippen molar-refractivity contribution in [3.63, 3.8) is 0 Å². The van der Waals surface area contributed by atoms with E-state index >= 15 is 0 Å². The van der Waals surface area contributed by atoms with Crippen molar-refractivity contribution in [2.24, 2.45) is 5.73 Å². The molecule has 1 aromatic rings. The van der Waals surface area contributed by atoms with Crippen molar-refractivity contribution >= 4 is 0 Å². The highest BCUT2D eigenvalue weighted by Crippen LogP contribution is 2.29. The van der Waals surface area contributed by atoms with E-state index in [-0.39, 0.29) is 17.5 Å². The van der Waals surface area contributed by atoms with Crippen LogP contribution in [0, 0.1) is 5.82 Å². The van der Waals surface area contributed by atoms with Crippen LogP contribution in [0.25, 0.3) is 0 Å². The minimum atomic E-state index is -0.402. The van der Waals surface area contributed by atoms with Gasteiger partial charge in [0.2, 0.25) is 0 Å². The molecule has 0 saturated heterocycles. The molecular weight excluding hydrogens is 217 g/mol. The number of nitrogens with two attached hydrogens (primary N) is 1. The zero-order chi connectivity index (χ0) is 13.1. The van der Waals surface area contributed by atoms with Gasteiger partial charge in [-0.15, -0.1) is 0 Å². The van der Waals surface area contributed by atoms with Crippen molar-refractivity contribution in [1.82, 2.24) is 0 Å². The van der Waals surface area contributed by atoms with Crippen LogP contribution >= 0.6 is 0 Å². The predicted molar refractivity (Wildman–Crippen MR) is 68.2 cm³/mol. The zero-order valence-corrected chi connectivity index (χ0v) is 11.0. The summed E-state index contributed by atoms with van der Waals surface area (Å²) in [4.78, 5) is 0. The van der Waals surface area contributed by atoms with Crippen LogP contribution in [0.1, 0.15) is 45.8 Å². The number of hydrogen-bond donors (Lipinski definition) is 1. The van der Waals surface area contributed by atoms with Gasteiger partial charge < -0.3 is 10.5 Å². The molecule has 1 aromatic carbocycles. The van der Waals surface area contributed by atoms with Gasteiger partial charge in [0.25, 0.3) is 0 Å². The van der Waals surface area contributed by atoms with E-state index < -0.39 is 6.10 Å². The third kappa shape index (κ3) is 4.10. The predicted octanol–water partition coefficient (Wildman–Crippen LogP) is 3.42. The molecule has 96 valence electrons. The van der Waals surface area contributed by atoms with Gasteiger partial charge in [-0.3, -0.25) is 0 Å². The fraction of sp³-hybridized carbons (Fsp3) is 0.571. The minimum Gasteiger partial charge on any atom is -0.366 e. The van der Waals surface area contributed by atoms with Crippen LogP contribution in [0.3, 0.4) is 0 Å². The first-order valence-corrected chi connectivity index (χ1v) is 6.03. The Labute approximate surface area is 103 Å². The Morgan fingerprint density at radius 2 is 1.88 bits per heavy atom. The van der Waals surface area contributed by atoms with Gasteiger partial charge in [-0.25, -0.2) is 4.39 Å². The van der Waals surface area contributed by atoms with Crippen LogP contribution in [0.4, 0.5) is 4.39 Å². The van der Waals surface area contributed by atoms with Crippen LogP contribution in [-0.4, -0.2) is 11.6 Å². The van der Waals surface area contributed by atoms with E-state index in [2.05, 4.69) is 0 Å². The molecule has 2 N–H and O–H groups in total. The van der Waals surface area contributed by atoms with Crippen molar-refractivity contribution in [3.05, 3.63) is 35.6 Å². The number of rotatable bonds is 4. The number of benzene rings is 1. The highest BCUT2D eigenvalue weighted by Gasteiger charge is 2.27. The summed E-state index contributed by atoms with van der Waals surface area (Å²) < 4.78 is 19.7. The summed E-state index contributed by atoms with van der Waals surface area (Å²) in [5.74, 6) is -0.259. The molecular formula is C14H22FNO. The molecule has 2 unspecified atom stereocenters. The van der Waals surface area contributed by atoms with E-state index in [1.807, 2.05) is 27.7 Å². The standard InChI is InChI=1S/C14H22FNO/c1-5-12(16)13(17-14(2,3)4)10-8-6-7-9-11(10)15/h6-9,12-13H,5,16H2,1-4H3. The molecule has 0 amide bonds. The highest BCUT2D eigenvalue weighted by atomic mass is 19.1. The Balaban J connectivity index is 3.03. The van der Waals surface area contributed by atoms with Gasteiger partial charge in [-0.2, -0.15) is 0 Å². The molecule has 0 fully saturated rings. The number of ether oxygens (including phenoxy) is 1. The van der Waals surface area contributed by atoms with Gasteiger partial charge in [0.05, 0.1) is 5.60 Å². The second kappa shape index (κ2) is 5.61. The lowest BCUT2D eigenvalue weighted by Gasteiger charge is -2.31. The maximum absolute atomic E-state index is 13.8. The van der Waals surface area contributed by atoms with Gasteiger partial charge >= 0.3 is 0 Å². The molecule has 0 heterocycles. The summed E-state index contributed by atoms with van der Waals surface area (Å²) in [7, 11) is 0. The molecule has 0 aromatic heterocycles. The maximum atomic E-state index is 13.8. The molecule has 1 rings (SSSR count). The fourth-order valence-electron chi connectivity index (χ4n) is 1.68. The molecule has 3 heteroatoms. The maximum Gasteiger partial charge on any atom is 0.129 e. The van der Waals surface area contributed by atoms with Gasteiger partial charge in [0, 0.05) is 11.6 Å². The molecule has 17 heavy (non-hydrogen) atoms. The first kappa shape index (κ1) is 14.1. The summed E-state index contributed by atoms with van der Waals surface area (Å²) in [6.45, 7) is 7.82. The van der Waals surface area contributed by atoms with Crippen molar-refractivity contribution in [1.29, 1.82) is 0 Å². The third-order valence-corrected chi connectivity index (χ3v) is 2.55. The van der Waals surface area contributed by atoms with E-state index in [4.69, 9.17) is 10.5 Å². The largest absolute Gasteiger partial charge is 0.366 e. The van der Waals surface area contributed by atoms with Crippen LogP contribution in [0.5, 0.6) is 0 Å². The normalized spacial score (nSPS) is 15.6. The molecule has 2 nitrogen and oxygen atoms in total. The van der Waals surface area contributed by atoms with Gasteiger partial charge in [-0.05, 0) is 33.3 Å². The SMILES string of the molecule is CCC(N)C(OC(C)(C)C)c1ccccc1F. The van der Waals surface area contributed by atoms with E-state index in [0.29, 0.717) is 5.56 Å². The second-order valence-electron chi connectivity index (χ2n) is 5.24. The van der Waals surface area contributed by atoms with Gasteiger partial charge in [-0.1, -0.05) is 25.1 Å². The van der Waals surface area contributed by atoms with Crippen molar-refractivity contribution < 1.29 is 9.13 Å². The number of hydrogen-bond acceptors (Lipinski definition) is 2. The van der Waals surface area contributed by atoms with Crippen LogP contribution in [-0.2, 0) is 4.74 Å². The molecule has 0 saturated carbocycles. The molecule has 0 spiro atoms. The molecule has 0 aliphatic rings. The molecule has 0 aliphatic carbocycles. The summed E-state index contributed by atoms with van der Waals surface area (Å²) >= 11 is 0. The summed E-state index contributed by atoms with van der Waals surface area (Å²) in [5.41, 5.74) is 6.22. The number of halogens is 1. The quantitative estimate of drug-likeness (QED) is 0.873. The Hall–Kier alpha value is -0.930. The molecule has 2 atom stereocenters. The van der Waals surface area contributed by atoms with Crippen molar-refractivity contribution in [2.45, 2.75) is 51.9 Å². The van der Waals surface area contributed by atoms with E-state index in [9.17, 15) is 4.39 Å². The Kier molecular flexibility index (Phi) is 4.66.